The highest BCUT2D eigenvalue weighted by Gasteiger charge is 2.17. The number of carbonyl (C=O) groups excluding carboxylic acids is 1. The molecule has 2 N–H and O–H groups in total. The number of morpholine rings is 1. The Bertz CT molecular complexity index is 1620. The number of anilines is 4. The van der Waals surface area contributed by atoms with Gasteiger partial charge in [-0.25, -0.2) is 9.97 Å². The van der Waals surface area contributed by atoms with E-state index in [9.17, 15) is 9.59 Å². The van der Waals surface area contributed by atoms with Gasteiger partial charge in [-0.15, -0.1) is 0 Å². The monoisotopic (exact) mass is 552 g/mol. The van der Waals surface area contributed by atoms with Crippen LogP contribution in [0.3, 0.4) is 0 Å². The number of pyridine rings is 1. The van der Waals surface area contributed by atoms with Crippen LogP contribution in [-0.4, -0.2) is 46.7 Å². The summed E-state index contributed by atoms with van der Waals surface area (Å²) in [5.74, 6) is 0.839. The largest absolute Gasteiger partial charge is 0.378 e. The summed E-state index contributed by atoms with van der Waals surface area (Å²) >= 11 is 0. The first-order valence-corrected chi connectivity index (χ1v) is 13.8. The molecular weight excluding hydrogens is 516 g/mol. The van der Waals surface area contributed by atoms with Crippen molar-refractivity contribution < 1.29 is 9.53 Å². The van der Waals surface area contributed by atoms with Crippen LogP contribution in [0, 0.1) is 6.92 Å². The quantitative estimate of drug-likeness (QED) is 0.336. The van der Waals surface area contributed by atoms with E-state index in [1.807, 2.05) is 61.5 Å². The van der Waals surface area contributed by atoms with E-state index in [0.717, 1.165) is 35.7 Å². The Morgan fingerprint density at radius 2 is 1.76 bits per heavy atom. The molecule has 4 aromatic rings. The Morgan fingerprint density at radius 3 is 2.46 bits per heavy atom. The minimum atomic E-state index is -0.251. The lowest BCUT2D eigenvalue weighted by Crippen LogP contribution is -2.36. The Hall–Kier alpha value is -4.50. The minimum absolute atomic E-state index is 0.0127. The van der Waals surface area contributed by atoms with E-state index >= 15 is 0 Å². The Balaban J connectivity index is 1.40. The molecule has 1 amide bonds. The van der Waals surface area contributed by atoms with Gasteiger partial charge in [-0.2, -0.15) is 0 Å². The van der Waals surface area contributed by atoms with Crippen LogP contribution >= 0.6 is 0 Å². The van der Waals surface area contributed by atoms with Crippen LogP contribution in [0.4, 0.5) is 23.0 Å². The second kappa shape index (κ2) is 11.5. The second-order valence-corrected chi connectivity index (χ2v) is 11.3. The zero-order chi connectivity index (χ0) is 29.1. The zero-order valence-corrected chi connectivity index (χ0v) is 24.2. The molecule has 0 radical (unpaired) electrons. The number of aryl methyl sites for hydroxylation is 1. The number of hydrogen-bond acceptors (Lipinski definition) is 7. The molecule has 0 saturated carbocycles. The van der Waals surface area contributed by atoms with Gasteiger partial charge >= 0.3 is 0 Å². The smallest absolute Gasteiger partial charge is 0.293 e. The van der Waals surface area contributed by atoms with Gasteiger partial charge in [0.05, 0.1) is 18.9 Å². The Labute approximate surface area is 240 Å². The summed E-state index contributed by atoms with van der Waals surface area (Å²) < 4.78 is 6.96. The van der Waals surface area contributed by atoms with Crippen LogP contribution in [-0.2, 0) is 17.2 Å². The third kappa shape index (κ3) is 6.30. The molecule has 1 saturated heterocycles. The van der Waals surface area contributed by atoms with E-state index in [4.69, 9.17) is 9.72 Å². The SMILES string of the molecule is Cc1c(NC(=O)c2ccc(C(C)(C)C)cc2)cccc1-c1cn(C)c(=O)c(Nc2ccnc(N3CCOCC3)c2)n1. The topological polar surface area (TPSA) is 101 Å². The van der Waals surface area contributed by atoms with Gasteiger partial charge in [-0.1, -0.05) is 45.0 Å². The summed E-state index contributed by atoms with van der Waals surface area (Å²) in [6.45, 7) is 11.2. The van der Waals surface area contributed by atoms with Crippen molar-refractivity contribution >= 4 is 28.9 Å². The predicted molar refractivity (Wildman–Crippen MR) is 163 cm³/mol. The lowest BCUT2D eigenvalue weighted by atomic mass is 9.86. The summed E-state index contributed by atoms with van der Waals surface area (Å²) in [6.07, 6.45) is 3.42. The van der Waals surface area contributed by atoms with Crippen molar-refractivity contribution in [2.24, 2.45) is 7.05 Å². The molecule has 2 aromatic heterocycles. The van der Waals surface area contributed by atoms with Crippen molar-refractivity contribution in [1.29, 1.82) is 0 Å². The third-order valence-electron chi connectivity index (χ3n) is 7.29. The fourth-order valence-electron chi connectivity index (χ4n) is 4.78. The normalized spacial score (nSPS) is 13.6. The van der Waals surface area contributed by atoms with Crippen LogP contribution in [0.25, 0.3) is 11.3 Å². The number of nitrogens with one attached hydrogen (secondary N) is 2. The summed E-state index contributed by atoms with van der Waals surface area (Å²) in [5, 5.41) is 6.23. The third-order valence-corrected chi connectivity index (χ3v) is 7.29. The number of hydrogen-bond donors (Lipinski definition) is 2. The van der Waals surface area contributed by atoms with E-state index in [1.54, 1.807) is 19.4 Å². The number of ether oxygens (including phenoxy) is 1. The standard InChI is InChI=1S/C32H36N6O3/c1-21-25(7-6-8-26(21)36-30(39)22-9-11-23(12-10-22)32(2,3)4)27-20-37(5)31(40)29(35-27)34-24-13-14-33-28(19-24)38-15-17-41-18-16-38/h6-14,19-20H,15-18H2,1-5H3,(H,36,39)(H,33,34,35). The lowest BCUT2D eigenvalue weighted by molar-refractivity contribution is 0.102. The maximum absolute atomic E-state index is 13.1. The number of benzene rings is 2. The van der Waals surface area contributed by atoms with Crippen molar-refractivity contribution in [3.8, 4) is 11.3 Å². The molecule has 3 heterocycles. The molecule has 2 aromatic carbocycles. The van der Waals surface area contributed by atoms with Crippen molar-refractivity contribution in [3.05, 3.63) is 94.0 Å². The second-order valence-electron chi connectivity index (χ2n) is 11.3. The molecule has 1 fully saturated rings. The van der Waals surface area contributed by atoms with Crippen LogP contribution in [0.5, 0.6) is 0 Å². The van der Waals surface area contributed by atoms with Crippen LogP contribution in [0.15, 0.2) is 71.8 Å². The Morgan fingerprint density at radius 1 is 1.02 bits per heavy atom. The van der Waals surface area contributed by atoms with Gasteiger partial charge in [0.25, 0.3) is 11.5 Å². The average Bonchev–Trinajstić information content (AvgIpc) is 2.96. The summed E-state index contributed by atoms with van der Waals surface area (Å²) in [6, 6.07) is 17.1. The number of rotatable bonds is 6. The van der Waals surface area contributed by atoms with Crippen LogP contribution < -0.4 is 21.1 Å². The fraction of sp³-hybridized carbons (Fsp3) is 0.312. The fourth-order valence-corrected chi connectivity index (χ4v) is 4.78. The molecule has 1 aliphatic rings. The first kappa shape index (κ1) is 28.0. The van der Waals surface area contributed by atoms with Gasteiger partial charge in [0.1, 0.15) is 5.82 Å². The van der Waals surface area contributed by atoms with Gasteiger partial charge in [-0.05, 0) is 47.7 Å². The molecule has 5 rings (SSSR count). The molecule has 1 aliphatic heterocycles. The van der Waals surface area contributed by atoms with E-state index < -0.39 is 0 Å². The summed E-state index contributed by atoms with van der Waals surface area (Å²) in [4.78, 5) is 37.4. The summed E-state index contributed by atoms with van der Waals surface area (Å²) in [5.41, 5.74) is 5.19. The van der Waals surface area contributed by atoms with Gasteiger partial charge in [0.2, 0.25) is 0 Å². The Kier molecular flexibility index (Phi) is 7.90. The highest BCUT2D eigenvalue weighted by molar-refractivity contribution is 6.05. The number of aromatic nitrogens is 3. The molecule has 0 unspecified atom stereocenters. The van der Waals surface area contributed by atoms with Gasteiger partial charge in [0.15, 0.2) is 5.82 Å². The first-order chi connectivity index (χ1) is 19.6. The molecule has 41 heavy (non-hydrogen) atoms. The summed E-state index contributed by atoms with van der Waals surface area (Å²) in [7, 11) is 1.70. The van der Waals surface area contributed by atoms with Gasteiger partial charge < -0.3 is 24.8 Å². The molecule has 0 aliphatic carbocycles. The number of carbonyl (C=O) groups is 1. The average molecular weight is 553 g/mol. The predicted octanol–water partition coefficient (Wildman–Crippen LogP) is 5.28. The van der Waals surface area contributed by atoms with Gasteiger partial charge in [0, 0.05) is 61.1 Å². The van der Waals surface area contributed by atoms with Crippen LogP contribution in [0.2, 0.25) is 0 Å². The lowest BCUT2D eigenvalue weighted by Gasteiger charge is -2.28. The molecule has 0 atom stereocenters. The van der Waals surface area contributed by atoms with E-state index in [2.05, 4.69) is 41.3 Å². The molecule has 9 nitrogen and oxygen atoms in total. The van der Waals surface area contributed by atoms with Gasteiger partial charge in [-0.3, -0.25) is 9.59 Å². The maximum Gasteiger partial charge on any atom is 0.293 e. The van der Waals surface area contributed by atoms with E-state index in [-0.39, 0.29) is 22.7 Å². The van der Waals surface area contributed by atoms with E-state index in [0.29, 0.717) is 30.2 Å². The highest BCUT2D eigenvalue weighted by Crippen LogP contribution is 2.29. The first-order valence-electron chi connectivity index (χ1n) is 13.8. The molecule has 0 spiro atoms. The number of nitrogens with zero attached hydrogens (tertiary/aromatic N) is 4. The maximum atomic E-state index is 13.1. The molecular formula is C32H36N6O3. The molecule has 212 valence electrons. The molecule has 0 bridgehead atoms. The van der Waals surface area contributed by atoms with Crippen molar-refractivity contribution in [1.82, 2.24) is 14.5 Å². The van der Waals surface area contributed by atoms with Crippen molar-refractivity contribution in [2.75, 3.05) is 41.8 Å². The zero-order valence-electron chi connectivity index (χ0n) is 24.2. The van der Waals surface area contributed by atoms with Crippen LogP contribution in [0.1, 0.15) is 42.3 Å². The van der Waals surface area contributed by atoms with E-state index in [1.165, 1.54) is 10.1 Å². The molecule has 9 heteroatoms. The number of amides is 1. The highest BCUT2D eigenvalue weighted by atomic mass is 16.5. The van der Waals surface area contributed by atoms with Crippen molar-refractivity contribution in [3.63, 3.8) is 0 Å². The van der Waals surface area contributed by atoms with Crippen molar-refractivity contribution in [2.45, 2.75) is 33.1 Å². The minimum Gasteiger partial charge on any atom is -0.378 e.